The maximum atomic E-state index is 13.4. The summed E-state index contributed by atoms with van der Waals surface area (Å²) in [6.45, 7) is 1.30. The second kappa shape index (κ2) is 8.56. The Morgan fingerprint density at radius 1 is 1.07 bits per heavy atom. The van der Waals surface area contributed by atoms with E-state index < -0.39 is 0 Å². The lowest BCUT2D eigenvalue weighted by atomic mass is 10.0. The van der Waals surface area contributed by atoms with Gasteiger partial charge in [-0.3, -0.25) is 9.59 Å². The smallest absolute Gasteiger partial charge is 0.254 e. The number of halogens is 1. The Labute approximate surface area is 181 Å². The molecule has 2 heterocycles. The predicted octanol–water partition coefficient (Wildman–Crippen LogP) is 4.46. The van der Waals surface area contributed by atoms with Crippen LogP contribution in [0.25, 0.3) is 0 Å². The summed E-state index contributed by atoms with van der Waals surface area (Å²) in [5.41, 5.74) is 2.12. The van der Waals surface area contributed by atoms with Crippen LogP contribution in [-0.2, 0) is 4.79 Å². The van der Waals surface area contributed by atoms with E-state index in [1.165, 1.54) is 0 Å². The van der Waals surface area contributed by atoms with E-state index >= 15 is 0 Å². The van der Waals surface area contributed by atoms with Crippen molar-refractivity contribution in [3.05, 3.63) is 52.5 Å². The molecule has 0 unspecified atom stereocenters. The fourth-order valence-corrected chi connectivity index (χ4v) is 4.57. The highest BCUT2D eigenvalue weighted by molar-refractivity contribution is 6.34. The first-order valence-corrected chi connectivity index (χ1v) is 10.5. The van der Waals surface area contributed by atoms with E-state index in [-0.39, 0.29) is 17.9 Å². The molecule has 0 bridgehead atoms. The molecule has 0 radical (unpaired) electrons. The van der Waals surface area contributed by atoms with Crippen molar-refractivity contribution in [1.82, 2.24) is 4.90 Å². The topological polar surface area (TPSA) is 59.1 Å². The first-order valence-electron chi connectivity index (χ1n) is 10.2. The van der Waals surface area contributed by atoms with Crippen LogP contribution in [0.1, 0.15) is 47.6 Å². The zero-order valence-electron chi connectivity index (χ0n) is 17.2. The lowest BCUT2D eigenvalue weighted by Crippen LogP contribution is -2.31. The third kappa shape index (κ3) is 3.72. The number of ether oxygens (including phenoxy) is 2. The van der Waals surface area contributed by atoms with Crippen molar-refractivity contribution in [1.29, 1.82) is 0 Å². The average molecular weight is 429 g/mol. The molecule has 2 fully saturated rings. The lowest BCUT2D eigenvalue weighted by Gasteiger charge is -2.27. The number of rotatable bonds is 5. The minimum Gasteiger partial charge on any atom is -0.497 e. The Hall–Kier alpha value is -2.73. The first-order chi connectivity index (χ1) is 14.5. The van der Waals surface area contributed by atoms with Gasteiger partial charge in [-0.1, -0.05) is 11.6 Å². The Morgan fingerprint density at radius 2 is 1.90 bits per heavy atom. The van der Waals surface area contributed by atoms with Gasteiger partial charge in [-0.05, 0) is 49.6 Å². The fourth-order valence-electron chi connectivity index (χ4n) is 4.35. The summed E-state index contributed by atoms with van der Waals surface area (Å²) in [6, 6.07) is 10.8. The average Bonchev–Trinajstić information content (AvgIpc) is 3.42. The SMILES string of the molecule is COc1ccc([C@H]2CCCN2C(=O)c2ccc(Cl)c(N3CCCC3=O)c2)c(OC)c1. The first kappa shape index (κ1) is 20.5. The van der Waals surface area contributed by atoms with E-state index in [9.17, 15) is 9.59 Å². The van der Waals surface area contributed by atoms with Crippen LogP contribution < -0.4 is 14.4 Å². The van der Waals surface area contributed by atoms with Gasteiger partial charge in [0.1, 0.15) is 11.5 Å². The highest BCUT2D eigenvalue weighted by atomic mass is 35.5. The molecule has 2 aliphatic rings. The van der Waals surface area contributed by atoms with Gasteiger partial charge in [-0.25, -0.2) is 0 Å². The summed E-state index contributed by atoms with van der Waals surface area (Å²) in [7, 11) is 3.24. The highest BCUT2D eigenvalue weighted by Crippen LogP contribution is 2.40. The summed E-state index contributed by atoms with van der Waals surface area (Å²) in [6.07, 6.45) is 3.09. The molecule has 0 spiro atoms. The molecule has 2 amide bonds. The van der Waals surface area contributed by atoms with Crippen LogP contribution >= 0.6 is 11.6 Å². The van der Waals surface area contributed by atoms with Gasteiger partial charge in [0.2, 0.25) is 5.91 Å². The highest BCUT2D eigenvalue weighted by Gasteiger charge is 2.33. The maximum Gasteiger partial charge on any atom is 0.254 e. The summed E-state index contributed by atoms with van der Waals surface area (Å²) < 4.78 is 10.9. The molecule has 1 atom stereocenters. The standard InChI is InChI=1S/C23H25ClN2O4/c1-29-16-8-9-17(21(14-16)30-2)19-5-3-12-26(19)23(28)15-7-10-18(24)20(13-15)25-11-4-6-22(25)27/h7-10,13-14,19H,3-6,11-12H2,1-2H3/t19-/m1/s1. The fraction of sp³-hybridized carbons (Fsp3) is 0.391. The number of carbonyl (C=O) groups excluding carboxylic acids is 2. The summed E-state index contributed by atoms with van der Waals surface area (Å²) in [5.74, 6) is 1.39. The van der Waals surface area contributed by atoms with Gasteiger partial charge in [0, 0.05) is 36.7 Å². The molecular formula is C23H25ClN2O4. The van der Waals surface area contributed by atoms with E-state index in [2.05, 4.69) is 0 Å². The Bertz CT molecular complexity index is 978. The van der Waals surface area contributed by atoms with Crippen molar-refractivity contribution in [2.75, 3.05) is 32.2 Å². The van der Waals surface area contributed by atoms with Crippen LogP contribution in [0.5, 0.6) is 11.5 Å². The molecule has 0 saturated carbocycles. The van der Waals surface area contributed by atoms with Crippen molar-refractivity contribution < 1.29 is 19.1 Å². The van der Waals surface area contributed by atoms with Gasteiger partial charge in [0.25, 0.3) is 5.91 Å². The number of nitrogens with zero attached hydrogens (tertiary/aromatic N) is 2. The molecule has 30 heavy (non-hydrogen) atoms. The van der Waals surface area contributed by atoms with Crippen LogP contribution in [0, 0.1) is 0 Å². The molecule has 0 aliphatic carbocycles. The quantitative estimate of drug-likeness (QED) is 0.705. The molecule has 2 aliphatic heterocycles. The number of anilines is 1. The molecule has 2 aromatic carbocycles. The monoisotopic (exact) mass is 428 g/mol. The van der Waals surface area contributed by atoms with Gasteiger partial charge in [-0.2, -0.15) is 0 Å². The number of hydrogen-bond acceptors (Lipinski definition) is 4. The number of carbonyl (C=O) groups is 2. The number of amides is 2. The Morgan fingerprint density at radius 3 is 2.60 bits per heavy atom. The van der Waals surface area contributed by atoms with E-state index in [0.717, 1.165) is 24.8 Å². The van der Waals surface area contributed by atoms with Crippen molar-refractivity contribution in [3.8, 4) is 11.5 Å². The van der Waals surface area contributed by atoms with Crippen LogP contribution in [-0.4, -0.2) is 44.0 Å². The van der Waals surface area contributed by atoms with Gasteiger partial charge >= 0.3 is 0 Å². The molecule has 2 aromatic rings. The Kier molecular flexibility index (Phi) is 5.86. The summed E-state index contributed by atoms with van der Waals surface area (Å²) in [5, 5.41) is 0.483. The van der Waals surface area contributed by atoms with Crippen molar-refractivity contribution in [2.45, 2.75) is 31.7 Å². The lowest BCUT2D eigenvalue weighted by molar-refractivity contribution is -0.117. The van der Waals surface area contributed by atoms with Gasteiger partial charge in [-0.15, -0.1) is 0 Å². The van der Waals surface area contributed by atoms with Crippen molar-refractivity contribution >= 4 is 29.1 Å². The summed E-state index contributed by atoms with van der Waals surface area (Å²) in [4.78, 5) is 29.2. The molecule has 158 valence electrons. The maximum absolute atomic E-state index is 13.4. The molecular weight excluding hydrogens is 404 g/mol. The van der Waals surface area contributed by atoms with Crippen LogP contribution in [0.2, 0.25) is 5.02 Å². The third-order valence-corrected chi connectivity index (χ3v) is 6.19. The minimum absolute atomic E-state index is 0.0449. The van der Waals surface area contributed by atoms with Crippen LogP contribution in [0.4, 0.5) is 5.69 Å². The minimum atomic E-state index is -0.0779. The molecule has 6 nitrogen and oxygen atoms in total. The zero-order chi connectivity index (χ0) is 21.3. The molecule has 0 aromatic heterocycles. The van der Waals surface area contributed by atoms with Gasteiger partial charge < -0.3 is 19.3 Å². The van der Waals surface area contributed by atoms with Crippen LogP contribution in [0.15, 0.2) is 36.4 Å². The van der Waals surface area contributed by atoms with Crippen LogP contribution in [0.3, 0.4) is 0 Å². The molecule has 7 heteroatoms. The van der Waals surface area contributed by atoms with Gasteiger partial charge in [0.05, 0.1) is 31.0 Å². The number of benzene rings is 2. The van der Waals surface area contributed by atoms with Crippen molar-refractivity contribution in [2.24, 2.45) is 0 Å². The second-order valence-electron chi connectivity index (χ2n) is 7.58. The van der Waals surface area contributed by atoms with E-state index in [4.69, 9.17) is 21.1 Å². The van der Waals surface area contributed by atoms with Crippen molar-refractivity contribution in [3.63, 3.8) is 0 Å². The van der Waals surface area contributed by atoms with E-state index in [1.54, 1.807) is 37.3 Å². The molecule has 2 saturated heterocycles. The third-order valence-electron chi connectivity index (χ3n) is 5.87. The number of hydrogen-bond donors (Lipinski definition) is 0. The number of methoxy groups -OCH3 is 2. The second-order valence-corrected chi connectivity index (χ2v) is 7.99. The largest absolute Gasteiger partial charge is 0.497 e. The normalized spacial score (nSPS) is 18.8. The molecule has 0 N–H and O–H groups in total. The molecule has 4 rings (SSSR count). The Balaban J connectivity index is 1.64. The van der Waals surface area contributed by atoms with E-state index in [1.807, 2.05) is 23.1 Å². The predicted molar refractivity (Wildman–Crippen MR) is 116 cm³/mol. The summed E-state index contributed by atoms with van der Waals surface area (Å²) >= 11 is 6.35. The van der Waals surface area contributed by atoms with E-state index in [0.29, 0.717) is 47.3 Å². The number of likely N-dealkylation sites (tertiary alicyclic amines) is 1. The van der Waals surface area contributed by atoms with Gasteiger partial charge in [0.15, 0.2) is 0 Å². The zero-order valence-corrected chi connectivity index (χ0v) is 17.9.